The summed E-state index contributed by atoms with van der Waals surface area (Å²) >= 11 is 0. The topological polar surface area (TPSA) is 12.5 Å². The van der Waals surface area contributed by atoms with E-state index in [9.17, 15) is 0 Å². The summed E-state index contributed by atoms with van der Waals surface area (Å²) < 4.78 is 0. The first kappa shape index (κ1) is 22.6. The minimum Gasteiger partial charge on any atom is -0.413 e. The molecular weight excluding hydrogens is 366 g/mol. The van der Waals surface area contributed by atoms with Crippen LogP contribution in [0.1, 0.15) is 83.8 Å². The monoisotopic (exact) mass is 405 g/mol. The number of benzene rings is 2. The maximum absolute atomic E-state index is 5.81. The lowest BCUT2D eigenvalue weighted by atomic mass is 9.72. The smallest absolute Gasteiger partial charge is 0.104 e. The quantitative estimate of drug-likeness (QED) is 0.327. The van der Waals surface area contributed by atoms with Crippen LogP contribution in [-0.4, -0.2) is 16.1 Å². The van der Waals surface area contributed by atoms with Gasteiger partial charge in [-0.05, 0) is 81.5 Å². The van der Waals surface area contributed by atoms with Gasteiger partial charge in [0.25, 0.3) is 0 Å². The van der Waals surface area contributed by atoms with Crippen molar-refractivity contribution in [2.24, 2.45) is 0 Å². The summed E-state index contributed by atoms with van der Waals surface area (Å²) in [7, 11) is 0. The van der Waals surface area contributed by atoms with Gasteiger partial charge >= 0.3 is 0 Å². The van der Waals surface area contributed by atoms with Crippen molar-refractivity contribution in [1.29, 1.82) is 0 Å². The van der Waals surface area contributed by atoms with Gasteiger partial charge in [0, 0.05) is 0 Å². The van der Waals surface area contributed by atoms with E-state index in [1.165, 1.54) is 47.9 Å². The Balaban J connectivity index is 1.72. The van der Waals surface area contributed by atoms with Gasteiger partial charge in [-0.2, -0.15) is 0 Å². The summed E-state index contributed by atoms with van der Waals surface area (Å²) in [6.45, 7) is 15.1. The van der Waals surface area contributed by atoms with Gasteiger partial charge in [-0.15, -0.1) is 5.06 Å². The number of piperidine rings is 1. The maximum atomic E-state index is 5.81. The first-order valence-corrected chi connectivity index (χ1v) is 11.5. The van der Waals surface area contributed by atoms with E-state index in [0.29, 0.717) is 5.92 Å². The van der Waals surface area contributed by atoms with Crippen LogP contribution in [0.5, 0.6) is 0 Å². The highest BCUT2D eigenvalue weighted by Gasteiger charge is 2.47. The lowest BCUT2D eigenvalue weighted by molar-refractivity contribution is -0.249. The summed E-state index contributed by atoms with van der Waals surface area (Å²) in [5.74, 6) is 0.523. The number of hydroxylamine groups is 2. The molecule has 0 amide bonds. The van der Waals surface area contributed by atoms with Crippen LogP contribution in [0.3, 0.4) is 0 Å². The van der Waals surface area contributed by atoms with Crippen LogP contribution in [0.25, 0.3) is 11.1 Å². The Morgan fingerprint density at radius 1 is 0.900 bits per heavy atom. The average molecular weight is 406 g/mol. The van der Waals surface area contributed by atoms with Crippen molar-refractivity contribution < 1.29 is 4.84 Å². The molecule has 1 heterocycles. The van der Waals surface area contributed by atoms with E-state index in [-0.39, 0.29) is 11.1 Å². The summed E-state index contributed by atoms with van der Waals surface area (Å²) in [6.07, 6.45) is 8.75. The molecule has 2 aromatic carbocycles. The van der Waals surface area contributed by atoms with Crippen molar-refractivity contribution >= 4 is 0 Å². The Kier molecular flexibility index (Phi) is 7.08. The van der Waals surface area contributed by atoms with Crippen molar-refractivity contribution in [2.45, 2.75) is 90.1 Å². The van der Waals surface area contributed by atoms with E-state index in [0.717, 1.165) is 12.8 Å². The molecule has 1 aliphatic rings. The van der Waals surface area contributed by atoms with E-state index < -0.39 is 0 Å². The maximum Gasteiger partial charge on any atom is 0.104 e. The fourth-order valence-corrected chi connectivity index (χ4v) is 5.25. The predicted octanol–water partition coefficient (Wildman–Crippen LogP) is 7.90. The second kappa shape index (κ2) is 9.39. The second-order valence-corrected chi connectivity index (χ2v) is 10.1. The predicted molar refractivity (Wildman–Crippen MR) is 128 cm³/mol. The summed E-state index contributed by atoms with van der Waals surface area (Å²) in [5.41, 5.74) is 5.37. The number of hydrogen-bond acceptors (Lipinski definition) is 2. The van der Waals surface area contributed by atoms with E-state index in [4.69, 9.17) is 4.84 Å². The fourth-order valence-electron chi connectivity index (χ4n) is 5.25. The van der Waals surface area contributed by atoms with E-state index >= 15 is 0 Å². The molecule has 30 heavy (non-hydrogen) atoms. The number of hydrogen-bond donors (Lipinski definition) is 0. The normalized spacial score (nSPS) is 18.8. The van der Waals surface area contributed by atoms with Crippen molar-refractivity contribution in [3.63, 3.8) is 0 Å². The van der Waals surface area contributed by atoms with Gasteiger partial charge in [-0.3, -0.25) is 0 Å². The van der Waals surface area contributed by atoms with Crippen LogP contribution in [-0.2, 0) is 11.3 Å². The lowest BCUT2D eigenvalue weighted by Gasteiger charge is -2.53. The minimum atomic E-state index is -0.0487. The van der Waals surface area contributed by atoms with Gasteiger partial charge in [0.05, 0.1) is 11.1 Å². The van der Waals surface area contributed by atoms with Gasteiger partial charge in [0.1, 0.15) is 6.26 Å². The Morgan fingerprint density at radius 3 is 1.93 bits per heavy atom. The van der Waals surface area contributed by atoms with Crippen molar-refractivity contribution in [3.05, 3.63) is 72.5 Å². The van der Waals surface area contributed by atoms with Crippen LogP contribution in [0.2, 0.25) is 0 Å². The Bertz CT molecular complexity index is 799. The lowest BCUT2D eigenvalue weighted by Crippen LogP contribution is -2.59. The van der Waals surface area contributed by atoms with Crippen molar-refractivity contribution in [2.75, 3.05) is 0 Å². The van der Waals surface area contributed by atoms with Crippen LogP contribution in [0.15, 0.2) is 61.4 Å². The molecule has 2 aromatic rings. The molecule has 162 valence electrons. The third kappa shape index (κ3) is 5.16. The number of unbranched alkanes of at least 4 members (excludes halogenated alkanes) is 2. The van der Waals surface area contributed by atoms with Crippen LogP contribution in [0.4, 0.5) is 0 Å². The Morgan fingerprint density at radius 2 is 1.43 bits per heavy atom. The number of rotatable bonds is 8. The van der Waals surface area contributed by atoms with Gasteiger partial charge in [0.15, 0.2) is 0 Å². The Labute approximate surface area is 183 Å². The van der Waals surface area contributed by atoms with Crippen LogP contribution in [0, 0.1) is 0 Å². The van der Waals surface area contributed by atoms with Crippen LogP contribution < -0.4 is 0 Å². The first-order valence-electron chi connectivity index (χ1n) is 11.5. The number of nitrogens with zero attached hydrogens (tertiary/aromatic N) is 1. The standard InChI is InChI=1S/C28H39NO/c1-7-9-10-11-22-12-14-23(15-13-22)24-16-18-25(19-17-24)26-20-27(3,4)29(30-8-2)28(5,6)21-26/h8,12-19,26H,2,7,9-11,20-21H2,1,3-6H3. The molecule has 0 atom stereocenters. The van der Waals surface area contributed by atoms with Gasteiger partial charge in [-0.1, -0.05) is 74.9 Å². The molecular formula is C28H39NO. The summed E-state index contributed by atoms with van der Waals surface area (Å²) in [4.78, 5) is 5.81. The highest BCUT2D eigenvalue weighted by atomic mass is 16.7. The van der Waals surface area contributed by atoms with Crippen molar-refractivity contribution in [1.82, 2.24) is 5.06 Å². The highest BCUT2D eigenvalue weighted by Crippen LogP contribution is 2.46. The molecule has 0 saturated carbocycles. The zero-order chi connectivity index (χ0) is 21.8. The Hall–Kier alpha value is -2.06. The van der Waals surface area contributed by atoms with Gasteiger partial charge in [0.2, 0.25) is 0 Å². The van der Waals surface area contributed by atoms with Crippen LogP contribution >= 0.6 is 0 Å². The largest absolute Gasteiger partial charge is 0.413 e. The SMILES string of the molecule is C=CON1C(C)(C)CC(c2ccc(-c3ccc(CCCCC)cc3)cc2)CC1(C)C. The summed E-state index contributed by atoms with van der Waals surface area (Å²) in [5, 5.41) is 2.12. The zero-order valence-corrected chi connectivity index (χ0v) is 19.6. The molecule has 0 aromatic heterocycles. The molecule has 0 N–H and O–H groups in total. The summed E-state index contributed by atoms with van der Waals surface area (Å²) in [6, 6.07) is 18.3. The minimum absolute atomic E-state index is 0.0487. The average Bonchev–Trinajstić information content (AvgIpc) is 2.71. The van der Waals surface area contributed by atoms with E-state index in [1.54, 1.807) is 6.26 Å². The molecule has 0 spiro atoms. The molecule has 2 nitrogen and oxygen atoms in total. The molecule has 1 fully saturated rings. The molecule has 1 aliphatic heterocycles. The molecule has 0 unspecified atom stereocenters. The third-order valence-electron chi connectivity index (χ3n) is 6.51. The van der Waals surface area contributed by atoms with Gasteiger partial charge in [-0.25, -0.2) is 0 Å². The number of aryl methyl sites for hydroxylation is 1. The fraction of sp³-hybridized carbons (Fsp3) is 0.500. The first-order chi connectivity index (χ1) is 14.3. The second-order valence-electron chi connectivity index (χ2n) is 10.1. The molecule has 1 saturated heterocycles. The van der Waals surface area contributed by atoms with Crippen molar-refractivity contribution in [3.8, 4) is 11.1 Å². The highest BCUT2D eigenvalue weighted by molar-refractivity contribution is 5.64. The third-order valence-corrected chi connectivity index (χ3v) is 6.51. The van der Waals surface area contributed by atoms with E-state index in [1.807, 2.05) is 0 Å². The molecule has 0 radical (unpaired) electrons. The van der Waals surface area contributed by atoms with E-state index in [2.05, 4.69) is 94.8 Å². The molecule has 0 aliphatic carbocycles. The molecule has 3 rings (SSSR count). The van der Waals surface area contributed by atoms with Gasteiger partial charge < -0.3 is 4.84 Å². The molecule has 2 heteroatoms. The zero-order valence-electron chi connectivity index (χ0n) is 19.6. The molecule has 0 bridgehead atoms.